The van der Waals surface area contributed by atoms with Crippen molar-refractivity contribution in [2.45, 2.75) is 44.7 Å². The first kappa shape index (κ1) is 21.7. The maximum atomic E-state index is 13.5. The third kappa shape index (κ3) is 4.04. The van der Waals surface area contributed by atoms with E-state index in [1.165, 1.54) is 24.6 Å². The summed E-state index contributed by atoms with van der Waals surface area (Å²) in [5.74, 6) is 0.888. The van der Waals surface area contributed by atoms with Crippen LogP contribution in [0.15, 0.2) is 52.4 Å². The number of likely N-dealkylation sites (tertiary alicyclic amines) is 1. The number of aryl methyl sites for hydroxylation is 2. The average Bonchev–Trinajstić information content (AvgIpc) is 3.03. The molecule has 33 heavy (non-hydrogen) atoms. The van der Waals surface area contributed by atoms with Crippen LogP contribution in [0.25, 0.3) is 22.4 Å². The standard InChI is InChI=1S/C25H27N5O2S/c1-17-11-12-20(18(2)15-17)29-23(32)19-9-5-6-10-21(19)30-24(29)26-27-25(30)33-16-22(31)28-13-7-3-4-8-14-28/h5-6,9-12,15H,3-4,7-8,13-14,16H2,1-2H3. The zero-order chi connectivity index (χ0) is 22.9. The molecule has 0 spiro atoms. The lowest BCUT2D eigenvalue weighted by molar-refractivity contribution is -0.128. The van der Waals surface area contributed by atoms with Crippen molar-refractivity contribution in [1.82, 2.24) is 24.1 Å². The Morgan fingerprint density at radius 2 is 1.76 bits per heavy atom. The molecule has 0 unspecified atom stereocenters. The number of benzene rings is 2. The molecule has 7 nitrogen and oxygen atoms in total. The van der Waals surface area contributed by atoms with Gasteiger partial charge in [-0.25, -0.2) is 4.57 Å². The highest BCUT2D eigenvalue weighted by molar-refractivity contribution is 7.99. The van der Waals surface area contributed by atoms with Crippen LogP contribution < -0.4 is 5.56 Å². The summed E-state index contributed by atoms with van der Waals surface area (Å²) in [5, 5.41) is 10.0. The van der Waals surface area contributed by atoms with Gasteiger partial charge in [-0.3, -0.25) is 14.0 Å². The second-order valence-electron chi connectivity index (χ2n) is 8.65. The van der Waals surface area contributed by atoms with Gasteiger partial charge in [0.1, 0.15) is 0 Å². The van der Waals surface area contributed by atoms with E-state index in [9.17, 15) is 9.59 Å². The predicted octanol–water partition coefficient (Wildman–Crippen LogP) is 4.14. The van der Waals surface area contributed by atoms with Crippen LogP contribution in [0.4, 0.5) is 0 Å². The van der Waals surface area contributed by atoms with Crippen molar-refractivity contribution in [2.24, 2.45) is 0 Å². The molecule has 1 saturated heterocycles. The number of fused-ring (bicyclic) bond motifs is 3. The maximum absolute atomic E-state index is 13.5. The number of hydrogen-bond donors (Lipinski definition) is 0. The summed E-state index contributed by atoms with van der Waals surface area (Å²) >= 11 is 1.38. The summed E-state index contributed by atoms with van der Waals surface area (Å²) < 4.78 is 3.53. The molecule has 3 heterocycles. The van der Waals surface area contributed by atoms with Crippen LogP contribution in [-0.2, 0) is 4.79 Å². The minimum Gasteiger partial charge on any atom is -0.342 e. The first-order chi connectivity index (χ1) is 16.0. The van der Waals surface area contributed by atoms with Gasteiger partial charge in [0.2, 0.25) is 11.7 Å². The van der Waals surface area contributed by atoms with E-state index in [1.54, 1.807) is 4.57 Å². The van der Waals surface area contributed by atoms with Gasteiger partial charge >= 0.3 is 0 Å². The molecular weight excluding hydrogens is 434 g/mol. The van der Waals surface area contributed by atoms with Crippen molar-refractivity contribution in [3.8, 4) is 5.69 Å². The molecule has 170 valence electrons. The highest BCUT2D eigenvalue weighted by Crippen LogP contribution is 2.25. The van der Waals surface area contributed by atoms with Crippen molar-refractivity contribution in [2.75, 3.05) is 18.8 Å². The van der Waals surface area contributed by atoms with Gasteiger partial charge in [0.05, 0.1) is 22.3 Å². The van der Waals surface area contributed by atoms with Crippen molar-refractivity contribution in [3.05, 3.63) is 63.9 Å². The number of para-hydroxylation sites is 1. The van der Waals surface area contributed by atoms with E-state index in [0.29, 0.717) is 22.1 Å². The quantitative estimate of drug-likeness (QED) is 0.427. The normalized spacial score (nSPS) is 14.7. The lowest BCUT2D eigenvalue weighted by atomic mass is 10.1. The number of amides is 1. The van der Waals surface area contributed by atoms with E-state index in [2.05, 4.69) is 16.3 Å². The monoisotopic (exact) mass is 461 g/mol. The van der Waals surface area contributed by atoms with Gasteiger partial charge in [-0.05, 0) is 50.5 Å². The molecule has 2 aromatic carbocycles. The molecule has 1 aliphatic heterocycles. The average molecular weight is 462 g/mol. The zero-order valence-electron chi connectivity index (χ0n) is 19.0. The molecule has 8 heteroatoms. The first-order valence-electron chi connectivity index (χ1n) is 11.4. The van der Waals surface area contributed by atoms with E-state index in [1.807, 2.05) is 59.5 Å². The number of hydrogen-bond acceptors (Lipinski definition) is 5. The Hall–Kier alpha value is -3.13. The van der Waals surface area contributed by atoms with Crippen molar-refractivity contribution >= 4 is 34.3 Å². The molecule has 2 aromatic heterocycles. The summed E-state index contributed by atoms with van der Waals surface area (Å²) in [5.41, 5.74) is 3.52. The molecule has 4 aromatic rings. The minimum atomic E-state index is -0.130. The topological polar surface area (TPSA) is 72.5 Å². The Morgan fingerprint density at radius 1 is 1.00 bits per heavy atom. The smallest absolute Gasteiger partial charge is 0.267 e. The Morgan fingerprint density at radius 3 is 2.52 bits per heavy atom. The van der Waals surface area contributed by atoms with Crippen LogP contribution in [0.5, 0.6) is 0 Å². The van der Waals surface area contributed by atoms with E-state index in [0.717, 1.165) is 48.3 Å². The van der Waals surface area contributed by atoms with Crippen molar-refractivity contribution in [1.29, 1.82) is 0 Å². The van der Waals surface area contributed by atoms with Crippen LogP contribution in [0.2, 0.25) is 0 Å². The molecule has 0 N–H and O–H groups in total. The number of thioether (sulfide) groups is 1. The van der Waals surface area contributed by atoms with E-state index < -0.39 is 0 Å². The van der Waals surface area contributed by atoms with Gasteiger partial charge in [-0.15, -0.1) is 10.2 Å². The van der Waals surface area contributed by atoms with Gasteiger partial charge in [-0.2, -0.15) is 0 Å². The minimum absolute atomic E-state index is 0.130. The molecule has 1 amide bonds. The van der Waals surface area contributed by atoms with E-state index in [4.69, 9.17) is 0 Å². The SMILES string of the molecule is Cc1ccc(-n2c(=O)c3ccccc3n3c(SCC(=O)N4CCCCCC4)nnc23)c(C)c1. The molecular formula is C25H27N5O2S. The molecule has 0 atom stereocenters. The largest absolute Gasteiger partial charge is 0.342 e. The van der Waals surface area contributed by atoms with E-state index in [-0.39, 0.29) is 11.5 Å². The third-order valence-electron chi connectivity index (χ3n) is 6.27. The molecule has 0 saturated carbocycles. The van der Waals surface area contributed by atoms with Crippen LogP contribution in [0.3, 0.4) is 0 Å². The van der Waals surface area contributed by atoms with Crippen LogP contribution >= 0.6 is 11.8 Å². The summed E-state index contributed by atoms with van der Waals surface area (Å²) in [7, 11) is 0. The fraction of sp³-hybridized carbons (Fsp3) is 0.360. The van der Waals surface area contributed by atoms with Gasteiger partial charge in [-0.1, -0.05) is 54.4 Å². The molecule has 1 aliphatic rings. The van der Waals surface area contributed by atoms with Crippen LogP contribution in [-0.4, -0.2) is 48.8 Å². The number of nitrogens with zero attached hydrogens (tertiary/aromatic N) is 5. The Labute approximate surface area is 196 Å². The van der Waals surface area contributed by atoms with Gasteiger partial charge in [0.15, 0.2) is 5.16 Å². The zero-order valence-corrected chi connectivity index (χ0v) is 19.8. The summed E-state index contributed by atoms with van der Waals surface area (Å²) in [6.07, 6.45) is 4.51. The summed E-state index contributed by atoms with van der Waals surface area (Å²) in [6, 6.07) is 13.5. The first-order valence-corrected chi connectivity index (χ1v) is 12.4. The molecule has 0 radical (unpaired) electrons. The summed E-state index contributed by atoms with van der Waals surface area (Å²) in [4.78, 5) is 28.3. The number of carbonyl (C=O) groups excluding carboxylic acids is 1. The fourth-order valence-corrected chi connectivity index (χ4v) is 5.43. The number of aromatic nitrogens is 4. The Bertz CT molecular complexity index is 1400. The maximum Gasteiger partial charge on any atom is 0.267 e. The third-order valence-corrected chi connectivity index (χ3v) is 7.19. The van der Waals surface area contributed by atoms with Gasteiger partial charge in [0.25, 0.3) is 5.56 Å². The summed E-state index contributed by atoms with van der Waals surface area (Å²) in [6.45, 7) is 5.68. The van der Waals surface area contributed by atoms with Crippen LogP contribution in [0.1, 0.15) is 36.8 Å². The van der Waals surface area contributed by atoms with Gasteiger partial charge < -0.3 is 4.90 Å². The Balaban J connectivity index is 1.60. The lowest BCUT2D eigenvalue weighted by Gasteiger charge is -2.19. The van der Waals surface area contributed by atoms with E-state index >= 15 is 0 Å². The van der Waals surface area contributed by atoms with Gasteiger partial charge in [0, 0.05) is 13.1 Å². The second kappa shape index (κ2) is 9.02. The Kier molecular flexibility index (Phi) is 5.93. The van der Waals surface area contributed by atoms with Crippen molar-refractivity contribution in [3.63, 3.8) is 0 Å². The highest BCUT2D eigenvalue weighted by atomic mass is 32.2. The molecule has 1 fully saturated rings. The lowest BCUT2D eigenvalue weighted by Crippen LogP contribution is -2.33. The molecule has 0 aliphatic carbocycles. The molecule has 0 bridgehead atoms. The fourth-order valence-electron chi connectivity index (χ4n) is 4.58. The van der Waals surface area contributed by atoms with Crippen LogP contribution in [0, 0.1) is 13.8 Å². The highest BCUT2D eigenvalue weighted by Gasteiger charge is 2.21. The second-order valence-corrected chi connectivity index (χ2v) is 9.59. The van der Waals surface area contributed by atoms with Crippen molar-refractivity contribution < 1.29 is 4.79 Å². The predicted molar refractivity (Wildman–Crippen MR) is 131 cm³/mol. The molecule has 5 rings (SSSR count). The number of rotatable bonds is 4. The number of carbonyl (C=O) groups is 1.